The highest BCUT2D eigenvalue weighted by atomic mass is 32.1. The van der Waals surface area contributed by atoms with Crippen molar-refractivity contribution in [2.45, 2.75) is 83.8 Å². The van der Waals surface area contributed by atoms with Crippen molar-refractivity contribution in [3.63, 3.8) is 0 Å². The van der Waals surface area contributed by atoms with E-state index in [0.717, 1.165) is 79.5 Å². The Balaban J connectivity index is 1.60. The van der Waals surface area contributed by atoms with Crippen LogP contribution in [0, 0.1) is 5.82 Å². The minimum absolute atomic E-state index is 0.00614. The van der Waals surface area contributed by atoms with Crippen molar-refractivity contribution < 1.29 is 18.7 Å². The molecule has 1 atom stereocenters. The maximum atomic E-state index is 14.3. The van der Waals surface area contributed by atoms with Crippen LogP contribution in [0.5, 0.6) is 5.75 Å². The average molecular weight is 511 g/mol. The Morgan fingerprint density at radius 2 is 2.06 bits per heavy atom. The summed E-state index contributed by atoms with van der Waals surface area (Å²) in [7, 11) is 0. The predicted molar refractivity (Wildman–Crippen MR) is 142 cm³/mol. The molecule has 1 aromatic heterocycles. The van der Waals surface area contributed by atoms with E-state index >= 15 is 0 Å². The number of nitrogens with zero attached hydrogens (tertiary/aromatic N) is 1. The van der Waals surface area contributed by atoms with Crippen LogP contribution in [0.2, 0.25) is 0 Å². The number of amides is 1. The van der Waals surface area contributed by atoms with E-state index < -0.39 is 0 Å². The summed E-state index contributed by atoms with van der Waals surface area (Å²) in [6.07, 6.45) is 10.4. The van der Waals surface area contributed by atoms with Crippen molar-refractivity contribution in [3.8, 4) is 5.75 Å². The minimum Gasteiger partial charge on any atom is -0.488 e. The van der Waals surface area contributed by atoms with E-state index in [1.165, 1.54) is 22.6 Å². The maximum absolute atomic E-state index is 14.3. The third-order valence-electron chi connectivity index (χ3n) is 7.24. The van der Waals surface area contributed by atoms with E-state index in [9.17, 15) is 9.18 Å². The standard InChI is InChI=1S/C29H35FN2O3S/c1-3-6-22-27-26-23(8-5-4-7-18(2)9-12-25(26)36-28(27)29(33)32-22)31-21-11-10-19(30)17-24(21)35-20-13-15-34-16-14-20/h7,10-11,17,20,22H,3-6,8-9,12-16H2,1-2H3,(H,32,33). The van der Waals surface area contributed by atoms with Gasteiger partial charge >= 0.3 is 0 Å². The summed E-state index contributed by atoms with van der Waals surface area (Å²) in [6.45, 7) is 5.65. The molecule has 0 spiro atoms. The van der Waals surface area contributed by atoms with E-state index in [0.29, 0.717) is 24.7 Å². The Bertz CT molecular complexity index is 1180. The van der Waals surface area contributed by atoms with Crippen LogP contribution in [0.3, 0.4) is 0 Å². The number of ether oxygens (including phenoxy) is 2. The predicted octanol–water partition coefficient (Wildman–Crippen LogP) is 7.21. The quantitative estimate of drug-likeness (QED) is 0.432. The lowest BCUT2D eigenvalue weighted by Crippen LogP contribution is -2.26. The normalized spacial score (nSPS) is 22.1. The SMILES string of the molecule is CCCC1NC(=O)c2sc3c(c21)C(=Nc1ccc(F)cc1OC1CCOCC1)CCCC=C(C)CC3. The highest BCUT2D eigenvalue weighted by molar-refractivity contribution is 7.14. The lowest BCUT2D eigenvalue weighted by atomic mass is 9.92. The van der Waals surface area contributed by atoms with E-state index in [1.54, 1.807) is 17.4 Å². The lowest BCUT2D eigenvalue weighted by molar-refractivity contribution is 0.0257. The molecular formula is C29H35FN2O3S. The fourth-order valence-electron chi connectivity index (χ4n) is 5.35. The van der Waals surface area contributed by atoms with Crippen molar-refractivity contribution in [2.24, 2.45) is 4.99 Å². The van der Waals surface area contributed by atoms with Crippen molar-refractivity contribution >= 4 is 28.6 Å². The number of carbonyl (C=O) groups excluding carboxylic acids is 1. The van der Waals surface area contributed by atoms with Gasteiger partial charge in [-0.15, -0.1) is 11.3 Å². The molecule has 7 heteroatoms. The minimum atomic E-state index is -0.331. The van der Waals surface area contributed by atoms with Gasteiger partial charge in [-0.2, -0.15) is 0 Å². The number of allylic oxidation sites excluding steroid dienone is 2. The van der Waals surface area contributed by atoms with Crippen LogP contribution >= 0.6 is 11.3 Å². The molecule has 192 valence electrons. The van der Waals surface area contributed by atoms with E-state index in [1.807, 2.05) is 0 Å². The third kappa shape index (κ3) is 5.42. The van der Waals surface area contributed by atoms with Gasteiger partial charge in [0, 0.05) is 40.6 Å². The second kappa shape index (κ2) is 11.3. The van der Waals surface area contributed by atoms with Gasteiger partial charge < -0.3 is 14.8 Å². The number of benzene rings is 1. The van der Waals surface area contributed by atoms with Gasteiger partial charge in [-0.25, -0.2) is 9.38 Å². The summed E-state index contributed by atoms with van der Waals surface area (Å²) in [5.41, 5.74) is 5.29. The molecule has 0 saturated carbocycles. The molecule has 1 fully saturated rings. The number of rotatable bonds is 5. The molecular weight excluding hydrogens is 475 g/mol. The summed E-state index contributed by atoms with van der Waals surface area (Å²) in [4.78, 5) is 20.1. The molecule has 5 nitrogen and oxygen atoms in total. The molecule has 2 aliphatic heterocycles. The monoisotopic (exact) mass is 510 g/mol. The summed E-state index contributed by atoms with van der Waals surface area (Å²) in [6, 6.07) is 4.64. The van der Waals surface area contributed by atoms with E-state index in [2.05, 4.69) is 25.2 Å². The largest absolute Gasteiger partial charge is 0.488 e. The van der Waals surface area contributed by atoms with Gasteiger partial charge in [0.1, 0.15) is 23.4 Å². The summed E-state index contributed by atoms with van der Waals surface area (Å²) >= 11 is 1.63. The van der Waals surface area contributed by atoms with Gasteiger partial charge in [0.05, 0.1) is 24.1 Å². The lowest BCUT2D eigenvalue weighted by Gasteiger charge is -2.24. The zero-order chi connectivity index (χ0) is 25.1. The second-order valence-electron chi connectivity index (χ2n) is 10.0. The maximum Gasteiger partial charge on any atom is 0.262 e. The van der Waals surface area contributed by atoms with Crippen LogP contribution in [-0.2, 0) is 11.2 Å². The zero-order valence-corrected chi connectivity index (χ0v) is 22.0. The number of hydrogen-bond donors (Lipinski definition) is 1. The van der Waals surface area contributed by atoms with E-state index in [4.69, 9.17) is 14.5 Å². The van der Waals surface area contributed by atoms with Crippen LogP contribution < -0.4 is 10.1 Å². The highest BCUT2D eigenvalue weighted by Gasteiger charge is 2.36. The van der Waals surface area contributed by atoms with Crippen LogP contribution in [-0.4, -0.2) is 30.9 Å². The van der Waals surface area contributed by atoms with Gasteiger partial charge in [-0.05, 0) is 57.6 Å². The molecule has 3 aliphatic rings. The smallest absolute Gasteiger partial charge is 0.262 e. The molecule has 1 aromatic carbocycles. The fraction of sp³-hybridized carbons (Fsp3) is 0.517. The molecule has 1 saturated heterocycles. The number of fused-ring (bicyclic) bond motifs is 3. The topological polar surface area (TPSA) is 59.9 Å². The number of nitrogens with one attached hydrogen (secondary N) is 1. The Labute approximate surface area is 216 Å². The third-order valence-corrected chi connectivity index (χ3v) is 8.50. The molecule has 0 bridgehead atoms. The molecule has 1 aliphatic carbocycles. The van der Waals surface area contributed by atoms with Gasteiger partial charge in [-0.3, -0.25) is 4.79 Å². The summed E-state index contributed by atoms with van der Waals surface area (Å²) < 4.78 is 26.0. The molecule has 0 radical (unpaired) electrons. The summed E-state index contributed by atoms with van der Waals surface area (Å²) in [5.74, 6) is 0.185. The zero-order valence-electron chi connectivity index (χ0n) is 21.2. The van der Waals surface area contributed by atoms with Gasteiger partial charge in [-0.1, -0.05) is 25.0 Å². The Morgan fingerprint density at radius 1 is 1.22 bits per heavy atom. The number of thiophene rings is 1. The van der Waals surface area contributed by atoms with Crippen molar-refractivity contribution in [1.82, 2.24) is 5.32 Å². The Hall–Kier alpha value is -2.51. The van der Waals surface area contributed by atoms with Crippen LogP contribution in [0.15, 0.2) is 34.8 Å². The first kappa shape index (κ1) is 25.2. The van der Waals surface area contributed by atoms with Gasteiger partial charge in [0.25, 0.3) is 5.91 Å². The van der Waals surface area contributed by atoms with Crippen molar-refractivity contribution in [2.75, 3.05) is 13.2 Å². The second-order valence-corrected chi connectivity index (χ2v) is 11.1. The van der Waals surface area contributed by atoms with Crippen LogP contribution in [0.4, 0.5) is 10.1 Å². The highest BCUT2D eigenvalue weighted by Crippen LogP contribution is 2.42. The number of aliphatic imine (C=N–C) groups is 1. The average Bonchev–Trinajstić information content (AvgIpc) is 3.39. The molecule has 2 aromatic rings. The Morgan fingerprint density at radius 3 is 2.86 bits per heavy atom. The first-order valence-corrected chi connectivity index (χ1v) is 14.1. The number of hydrogen-bond acceptors (Lipinski definition) is 5. The molecule has 1 amide bonds. The van der Waals surface area contributed by atoms with Crippen molar-refractivity contribution in [3.05, 3.63) is 56.5 Å². The van der Waals surface area contributed by atoms with Gasteiger partial charge in [0.2, 0.25) is 0 Å². The molecule has 5 rings (SSSR count). The van der Waals surface area contributed by atoms with Crippen molar-refractivity contribution in [1.29, 1.82) is 0 Å². The van der Waals surface area contributed by atoms with Crippen LogP contribution in [0.1, 0.15) is 96.9 Å². The summed E-state index contributed by atoms with van der Waals surface area (Å²) in [5, 5.41) is 3.20. The first-order chi connectivity index (χ1) is 17.5. The fourth-order valence-corrected chi connectivity index (χ4v) is 6.63. The number of carbonyl (C=O) groups is 1. The molecule has 1 unspecified atom stereocenters. The number of halogens is 1. The Kier molecular flexibility index (Phi) is 7.87. The molecule has 36 heavy (non-hydrogen) atoms. The van der Waals surface area contributed by atoms with Gasteiger partial charge in [0.15, 0.2) is 0 Å². The van der Waals surface area contributed by atoms with Crippen LogP contribution in [0.25, 0.3) is 0 Å². The first-order valence-electron chi connectivity index (χ1n) is 13.3. The van der Waals surface area contributed by atoms with E-state index in [-0.39, 0.29) is 23.9 Å². The number of aryl methyl sites for hydroxylation is 1. The molecule has 3 heterocycles. The molecule has 1 N–H and O–H groups in total.